The molecule has 2 aromatic heterocycles. The van der Waals surface area contributed by atoms with Gasteiger partial charge in [0.05, 0.1) is 18.6 Å². The highest BCUT2D eigenvalue weighted by Gasteiger charge is 2.07. The van der Waals surface area contributed by atoms with E-state index in [0.717, 1.165) is 31.2 Å². The fourth-order valence-electron chi connectivity index (χ4n) is 2.92. The fraction of sp³-hybridized carbons (Fsp3) is 0.333. The number of nitrogens with zero attached hydrogens (tertiary/aromatic N) is 3. The van der Waals surface area contributed by atoms with Crippen LogP contribution >= 0.6 is 11.3 Å². The summed E-state index contributed by atoms with van der Waals surface area (Å²) < 4.78 is 2.02. The molecule has 1 atom stereocenters. The van der Waals surface area contributed by atoms with Gasteiger partial charge in [0.15, 0.2) is 5.96 Å². The van der Waals surface area contributed by atoms with Crippen molar-refractivity contribution in [2.75, 3.05) is 13.1 Å². The van der Waals surface area contributed by atoms with Gasteiger partial charge in [0.1, 0.15) is 0 Å². The molecule has 142 valence electrons. The zero-order chi connectivity index (χ0) is 18.9. The summed E-state index contributed by atoms with van der Waals surface area (Å²) in [6, 6.07) is 12.6. The second-order valence-corrected chi connectivity index (χ2v) is 7.60. The van der Waals surface area contributed by atoms with Gasteiger partial charge in [0.2, 0.25) is 0 Å². The average molecular weight is 382 g/mol. The molecule has 0 saturated carbocycles. The maximum absolute atomic E-state index is 4.79. The van der Waals surface area contributed by atoms with Crippen molar-refractivity contribution in [3.05, 3.63) is 70.9 Å². The van der Waals surface area contributed by atoms with E-state index >= 15 is 0 Å². The molecule has 0 aliphatic rings. The first-order valence-corrected chi connectivity index (χ1v) is 10.2. The Balaban J connectivity index is 1.62. The van der Waals surface area contributed by atoms with Crippen LogP contribution in [-0.2, 0) is 13.0 Å². The normalized spacial score (nSPS) is 12.7. The largest absolute Gasteiger partial charge is 0.357 e. The Morgan fingerprint density at radius 3 is 2.85 bits per heavy atom. The molecule has 3 rings (SSSR count). The Morgan fingerprint density at radius 1 is 1.22 bits per heavy atom. The van der Waals surface area contributed by atoms with Gasteiger partial charge in [-0.2, -0.15) is 0 Å². The van der Waals surface area contributed by atoms with E-state index in [9.17, 15) is 0 Å². The highest BCUT2D eigenvalue weighted by atomic mass is 32.1. The van der Waals surface area contributed by atoms with Gasteiger partial charge < -0.3 is 15.2 Å². The van der Waals surface area contributed by atoms with Gasteiger partial charge in [-0.15, -0.1) is 11.3 Å². The lowest BCUT2D eigenvalue weighted by Crippen LogP contribution is -2.39. The first-order chi connectivity index (χ1) is 13.3. The van der Waals surface area contributed by atoms with Gasteiger partial charge in [-0.1, -0.05) is 31.2 Å². The number of para-hydroxylation sites is 1. The molecule has 5 nitrogen and oxygen atoms in total. The average Bonchev–Trinajstić information content (AvgIpc) is 3.38. The molecule has 0 fully saturated rings. The second-order valence-electron chi connectivity index (χ2n) is 6.56. The molecule has 0 aliphatic carbocycles. The van der Waals surface area contributed by atoms with Gasteiger partial charge in [0, 0.05) is 30.4 Å². The Morgan fingerprint density at radius 2 is 2.11 bits per heavy atom. The molecule has 0 aliphatic heterocycles. The number of hydrogen-bond donors (Lipinski definition) is 2. The van der Waals surface area contributed by atoms with Crippen LogP contribution in [0.5, 0.6) is 0 Å². The van der Waals surface area contributed by atoms with E-state index in [1.165, 1.54) is 10.4 Å². The van der Waals surface area contributed by atoms with Crippen LogP contribution < -0.4 is 10.6 Å². The lowest BCUT2D eigenvalue weighted by atomic mass is 10.1. The van der Waals surface area contributed by atoms with E-state index in [1.807, 2.05) is 34.5 Å². The van der Waals surface area contributed by atoms with Crippen molar-refractivity contribution in [3.8, 4) is 5.69 Å². The molecular weight excluding hydrogens is 354 g/mol. The van der Waals surface area contributed by atoms with Crippen molar-refractivity contribution in [2.45, 2.75) is 26.8 Å². The van der Waals surface area contributed by atoms with Crippen LogP contribution in [0.25, 0.3) is 5.69 Å². The fourth-order valence-corrected chi connectivity index (χ4v) is 3.79. The number of guanidine groups is 1. The second kappa shape index (κ2) is 9.92. The summed E-state index contributed by atoms with van der Waals surface area (Å²) in [5, 5.41) is 8.96. The van der Waals surface area contributed by atoms with Gasteiger partial charge in [-0.3, -0.25) is 0 Å². The van der Waals surface area contributed by atoms with Crippen LogP contribution in [0.1, 0.15) is 24.3 Å². The summed E-state index contributed by atoms with van der Waals surface area (Å²) in [6.07, 6.45) is 6.66. The van der Waals surface area contributed by atoms with Gasteiger partial charge in [-0.05, 0) is 42.3 Å². The Kier molecular flexibility index (Phi) is 7.04. The quantitative estimate of drug-likeness (QED) is 0.460. The smallest absolute Gasteiger partial charge is 0.191 e. The van der Waals surface area contributed by atoms with E-state index in [-0.39, 0.29) is 0 Å². The van der Waals surface area contributed by atoms with E-state index in [2.05, 4.69) is 65.2 Å². The summed E-state index contributed by atoms with van der Waals surface area (Å²) in [5.74, 6) is 1.40. The van der Waals surface area contributed by atoms with Crippen LogP contribution in [0.2, 0.25) is 0 Å². The maximum Gasteiger partial charge on any atom is 0.191 e. The van der Waals surface area contributed by atoms with E-state index in [0.29, 0.717) is 12.5 Å². The molecule has 0 saturated heterocycles. The van der Waals surface area contributed by atoms with E-state index in [4.69, 9.17) is 4.99 Å². The maximum atomic E-state index is 4.79. The minimum Gasteiger partial charge on any atom is -0.357 e. The molecular formula is C21H27N5S. The van der Waals surface area contributed by atoms with Crippen molar-refractivity contribution in [2.24, 2.45) is 10.9 Å². The summed E-state index contributed by atoms with van der Waals surface area (Å²) >= 11 is 1.82. The van der Waals surface area contributed by atoms with Crippen LogP contribution in [0.4, 0.5) is 0 Å². The third kappa shape index (κ3) is 5.69. The van der Waals surface area contributed by atoms with Gasteiger partial charge in [0.25, 0.3) is 0 Å². The molecule has 0 bridgehead atoms. The zero-order valence-corrected chi connectivity index (χ0v) is 16.7. The summed E-state index contributed by atoms with van der Waals surface area (Å²) in [6.45, 7) is 6.71. The van der Waals surface area contributed by atoms with Gasteiger partial charge >= 0.3 is 0 Å². The zero-order valence-electron chi connectivity index (χ0n) is 15.9. The Hall–Kier alpha value is -2.60. The Labute approximate surface area is 165 Å². The van der Waals surface area contributed by atoms with Crippen molar-refractivity contribution in [3.63, 3.8) is 0 Å². The van der Waals surface area contributed by atoms with Crippen LogP contribution in [0.15, 0.2) is 65.5 Å². The highest BCUT2D eigenvalue weighted by Crippen LogP contribution is 2.15. The number of aliphatic imine (C=N–C) groups is 1. The van der Waals surface area contributed by atoms with Crippen molar-refractivity contribution in [1.82, 2.24) is 20.2 Å². The third-order valence-corrected chi connectivity index (χ3v) is 5.17. The lowest BCUT2D eigenvalue weighted by Gasteiger charge is -2.16. The number of nitrogens with one attached hydrogen (secondary N) is 2. The highest BCUT2D eigenvalue weighted by molar-refractivity contribution is 7.09. The van der Waals surface area contributed by atoms with Crippen molar-refractivity contribution >= 4 is 17.3 Å². The van der Waals surface area contributed by atoms with E-state index in [1.54, 1.807) is 6.20 Å². The summed E-state index contributed by atoms with van der Waals surface area (Å²) in [7, 11) is 0. The molecule has 0 amide bonds. The number of rotatable bonds is 8. The number of imidazole rings is 1. The number of hydrogen-bond acceptors (Lipinski definition) is 3. The number of thiophene rings is 1. The van der Waals surface area contributed by atoms with Gasteiger partial charge in [-0.25, -0.2) is 9.98 Å². The SMILES string of the molecule is CCNC(=NCc1ccccc1-n1ccnc1)NCC(C)Cc1cccs1. The molecule has 3 aromatic rings. The first kappa shape index (κ1) is 19.2. The molecule has 0 spiro atoms. The Bertz CT molecular complexity index is 824. The monoisotopic (exact) mass is 381 g/mol. The topological polar surface area (TPSA) is 54.2 Å². The van der Waals surface area contributed by atoms with Crippen LogP contribution in [0, 0.1) is 5.92 Å². The molecule has 0 radical (unpaired) electrons. The third-order valence-electron chi connectivity index (χ3n) is 4.27. The molecule has 6 heteroatoms. The predicted molar refractivity (Wildman–Crippen MR) is 114 cm³/mol. The molecule has 1 aromatic carbocycles. The van der Waals surface area contributed by atoms with Crippen molar-refractivity contribution in [1.29, 1.82) is 0 Å². The van der Waals surface area contributed by atoms with Crippen LogP contribution in [-0.4, -0.2) is 28.6 Å². The molecule has 2 heterocycles. The molecule has 1 unspecified atom stereocenters. The first-order valence-electron chi connectivity index (χ1n) is 9.37. The van der Waals surface area contributed by atoms with Crippen LogP contribution in [0.3, 0.4) is 0 Å². The summed E-state index contributed by atoms with van der Waals surface area (Å²) in [4.78, 5) is 10.4. The lowest BCUT2D eigenvalue weighted by molar-refractivity contribution is 0.562. The molecule has 27 heavy (non-hydrogen) atoms. The minimum absolute atomic E-state index is 0.547. The standard InChI is InChI=1S/C21H27N5S/c1-3-23-21(24-14-17(2)13-19-8-6-12-27-19)25-15-18-7-4-5-9-20(18)26-11-10-22-16-26/h4-12,16-17H,3,13-15H2,1-2H3,(H2,23,24,25). The number of benzene rings is 1. The predicted octanol–water partition coefficient (Wildman–Crippen LogP) is 3.87. The number of aromatic nitrogens is 2. The van der Waals surface area contributed by atoms with E-state index < -0.39 is 0 Å². The molecule has 2 N–H and O–H groups in total. The minimum atomic E-state index is 0.547. The van der Waals surface area contributed by atoms with Crippen molar-refractivity contribution < 1.29 is 0 Å². The summed E-state index contributed by atoms with van der Waals surface area (Å²) in [5.41, 5.74) is 2.28.